The average Bonchev–Trinajstić information content (AvgIpc) is 2.57. The van der Waals surface area contributed by atoms with Gasteiger partial charge < -0.3 is 14.2 Å². The fourth-order valence-corrected chi connectivity index (χ4v) is 2.27. The van der Waals surface area contributed by atoms with Crippen molar-refractivity contribution >= 4 is 35.1 Å². The molecule has 2 rings (SSSR count). The summed E-state index contributed by atoms with van der Waals surface area (Å²) in [6.45, 7) is 0. The van der Waals surface area contributed by atoms with Gasteiger partial charge in [0.2, 0.25) is 5.75 Å². The third-order valence-corrected chi connectivity index (χ3v) is 3.79. The first-order valence-corrected chi connectivity index (χ1v) is 7.39. The van der Waals surface area contributed by atoms with Crippen LogP contribution in [0, 0.1) is 0 Å². The average molecular weight is 355 g/mol. The summed E-state index contributed by atoms with van der Waals surface area (Å²) < 4.78 is 16.0. The summed E-state index contributed by atoms with van der Waals surface area (Å²) in [5, 5.41) is 5.11. The van der Waals surface area contributed by atoms with Gasteiger partial charge in [0.25, 0.3) is 0 Å². The van der Waals surface area contributed by atoms with Crippen LogP contribution in [0.4, 0.5) is 5.69 Å². The van der Waals surface area contributed by atoms with Crippen LogP contribution in [0.25, 0.3) is 0 Å². The largest absolute Gasteiger partial charge is 0.493 e. The number of methoxy groups -OCH3 is 3. The van der Waals surface area contributed by atoms with Crippen LogP contribution in [-0.4, -0.2) is 27.5 Å². The molecule has 0 bridgehead atoms. The van der Waals surface area contributed by atoms with E-state index in [1.54, 1.807) is 51.8 Å². The zero-order valence-corrected chi connectivity index (χ0v) is 14.4. The number of hydrogen-bond donors (Lipinski definition) is 1. The Morgan fingerprint density at radius 2 is 1.65 bits per heavy atom. The first-order chi connectivity index (χ1) is 11.1. The molecule has 0 fully saturated rings. The van der Waals surface area contributed by atoms with Gasteiger partial charge in [-0.25, -0.2) is 0 Å². The maximum Gasteiger partial charge on any atom is 0.203 e. The quantitative estimate of drug-likeness (QED) is 0.614. The van der Waals surface area contributed by atoms with E-state index in [2.05, 4.69) is 10.5 Å². The molecule has 0 spiro atoms. The molecule has 0 atom stereocenters. The highest BCUT2D eigenvalue weighted by Crippen LogP contribution is 2.39. The van der Waals surface area contributed by atoms with Gasteiger partial charge in [0, 0.05) is 5.56 Å². The van der Waals surface area contributed by atoms with Gasteiger partial charge in [-0.3, -0.25) is 5.43 Å². The minimum absolute atomic E-state index is 0.454. The molecule has 122 valence electrons. The van der Waals surface area contributed by atoms with Crippen LogP contribution >= 0.6 is 23.2 Å². The number of nitrogens with one attached hydrogen (secondary N) is 1. The van der Waals surface area contributed by atoms with Gasteiger partial charge in [-0.15, -0.1) is 0 Å². The van der Waals surface area contributed by atoms with Crippen LogP contribution in [0.15, 0.2) is 35.4 Å². The number of anilines is 1. The summed E-state index contributed by atoms with van der Waals surface area (Å²) in [5.74, 6) is 1.62. The Labute approximate surface area is 144 Å². The summed E-state index contributed by atoms with van der Waals surface area (Å²) in [5.41, 5.74) is 4.33. The molecule has 0 saturated heterocycles. The lowest BCUT2D eigenvalue weighted by atomic mass is 10.2. The number of rotatable bonds is 6. The van der Waals surface area contributed by atoms with Crippen LogP contribution in [-0.2, 0) is 0 Å². The van der Waals surface area contributed by atoms with Crippen molar-refractivity contribution in [1.29, 1.82) is 0 Å². The van der Waals surface area contributed by atoms with Gasteiger partial charge >= 0.3 is 0 Å². The Hall–Kier alpha value is -2.11. The zero-order valence-electron chi connectivity index (χ0n) is 12.9. The molecule has 0 aliphatic heterocycles. The molecule has 1 N–H and O–H groups in total. The molecule has 2 aromatic rings. The van der Waals surface area contributed by atoms with Gasteiger partial charge in [0.1, 0.15) is 0 Å². The van der Waals surface area contributed by atoms with E-state index in [-0.39, 0.29) is 0 Å². The summed E-state index contributed by atoms with van der Waals surface area (Å²) in [7, 11) is 4.67. The van der Waals surface area contributed by atoms with E-state index >= 15 is 0 Å². The maximum atomic E-state index is 5.96. The first-order valence-electron chi connectivity index (χ1n) is 6.63. The Kier molecular flexibility index (Phi) is 5.96. The van der Waals surface area contributed by atoms with E-state index in [1.807, 2.05) is 6.07 Å². The molecular weight excluding hydrogens is 339 g/mol. The van der Waals surface area contributed by atoms with E-state index in [1.165, 1.54) is 0 Å². The van der Waals surface area contributed by atoms with E-state index in [0.29, 0.717) is 27.3 Å². The minimum atomic E-state index is 0.454. The van der Waals surface area contributed by atoms with Crippen molar-refractivity contribution in [3.63, 3.8) is 0 Å². The van der Waals surface area contributed by atoms with Gasteiger partial charge in [-0.05, 0) is 30.3 Å². The Morgan fingerprint density at radius 3 is 2.26 bits per heavy atom. The van der Waals surface area contributed by atoms with Crippen LogP contribution in [0.1, 0.15) is 5.56 Å². The zero-order chi connectivity index (χ0) is 16.8. The summed E-state index contributed by atoms with van der Waals surface area (Å²) in [6, 6.07) is 8.76. The fourth-order valence-electron chi connectivity index (χ4n) is 1.97. The lowest BCUT2D eigenvalue weighted by molar-refractivity contribution is 0.324. The molecule has 23 heavy (non-hydrogen) atoms. The van der Waals surface area contributed by atoms with Gasteiger partial charge in [-0.2, -0.15) is 5.10 Å². The number of halogens is 2. The normalized spacial score (nSPS) is 10.7. The highest BCUT2D eigenvalue weighted by molar-refractivity contribution is 6.42. The van der Waals surface area contributed by atoms with Crippen molar-refractivity contribution in [3.8, 4) is 17.2 Å². The van der Waals surface area contributed by atoms with Gasteiger partial charge in [0.05, 0.1) is 43.3 Å². The van der Waals surface area contributed by atoms with Crippen LogP contribution in [0.3, 0.4) is 0 Å². The third-order valence-electron chi connectivity index (χ3n) is 3.05. The monoisotopic (exact) mass is 354 g/mol. The van der Waals surface area contributed by atoms with Crippen molar-refractivity contribution in [2.75, 3.05) is 26.8 Å². The van der Waals surface area contributed by atoms with Gasteiger partial charge in [0.15, 0.2) is 11.5 Å². The second-order valence-corrected chi connectivity index (χ2v) is 5.24. The van der Waals surface area contributed by atoms with Crippen LogP contribution in [0.2, 0.25) is 10.0 Å². The second kappa shape index (κ2) is 7.94. The summed E-state index contributed by atoms with van der Waals surface area (Å²) in [6.07, 6.45) is 1.61. The molecule has 0 aromatic heterocycles. The molecule has 0 aliphatic carbocycles. The predicted molar refractivity (Wildman–Crippen MR) is 93.8 cm³/mol. The van der Waals surface area contributed by atoms with E-state index in [4.69, 9.17) is 37.4 Å². The molecule has 7 heteroatoms. The van der Waals surface area contributed by atoms with Gasteiger partial charge in [-0.1, -0.05) is 23.2 Å². The topological polar surface area (TPSA) is 52.1 Å². The van der Waals surface area contributed by atoms with Crippen molar-refractivity contribution in [3.05, 3.63) is 45.9 Å². The van der Waals surface area contributed by atoms with E-state index in [9.17, 15) is 0 Å². The summed E-state index contributed by atoms with van der Waals surface area (Å²) >= 11 is 11.8. The molecule has 0 radical (unpaired) electrons. The molecule has 0 saturated carbocycles. The van der Waals surface area contributed by atoms with Crippen molar-refractivity contribution in [1.82, 2.24) is 0 Å². The van der Waals surface area contributed by atoms with Crippen molar-refractivity contribution in [2.45, 2.75) is 0 Å². The lowest BCUT2D eigenvalue weighted by Crippen LogP contribution is -1.99. The molecule has 0 heterocycles. The van der Waals surface area contributed by atoms with E-state index in [0.717, 1.165) is 11.3 Å². The standard InChI is InChI=1S/C16H16Cl2N2O3/c1-21-14-7-4-10(15(22-2)16(14)23-3)9-19-20-11-5-6-12(17)13(18)8-11/h4-9,20H,1-3H3/b19-9-. The smallest absolute Gasteiger partial charge is 0.203 e. The fraction of sp³-hybridized carbons (Fsp3) is 0.188. The highest BCUT2D eigenvalue weighted by atomic mass is 35.5. The highest BCUT2D eigenvalue weighted by Gasteiger charge is 2.14. The Bertz CT molecular complexity index is 721. The van der Waals surface area contributed by atoms with Crippen molar-refractivity contribution in [2.24, 2.45) is 5.10 Å². The predicted octanol–water partition coefficient (Wildman–Crippen LogP) is 4.47. The first kappa shape index (κ1) is 17.2. The lowest BCUT2D eigenvalue weighted by Gasteiger charge is -2.13. The second-order valence-electron chi connectivity index (χ2n) is 4.42. The third kappa shape index (κ3) is 4.00. The van der Waals surface area contributed by atoms with Crippen LogP contribution < -0.4 is 19.6 Å². The Balaban J connectivity index is 2.23. The molecular formula is C16H16Cl2N2O3. The number of hydrogen-bond acceptors (Lipinski definition) is 5. The minimum Gasteiger partial charge on any atom is -0.493 e. The molecule has 5 nitrogen and oxygen atoms in total. The number of ether oxygens (including phenoxy) is 3. The molecule has 0 aliphatic rings. The molecule has 2 aromatic carbocycles. The van der Waals surface area contributed by atoms with E-state index < -0.39 is 0 Å². The number of hydrazone groups is 1. The van der Waals surface area contributed by atoms with Crippen molar-refractivity contribution < 1.29 is 14.2 Å². The SMILES string of the molecule is COc1ccc(/C=N\Nc2ccc(Cl)c(Cl)c2)c(OC)c1OC. The number of benzene rings is 2. The summed E-state index contributed by atoms with van der Waals surface area (Å²) in [4.78, 5) is 0. The Morgan fingerprint density at radius 1 is 0.913 bits per heavy atom. The maximum absolute atomic E-state index is 5.96. The van der Waals surface area contributed by atoms with Crippen LogP contribution in [0.5, 0.6) is 17.2 Å². The molecule has 0 amide bonds. The molecule has 0 unspecified atom stereocenters. The number of nitrogens with zero attached hydrogens (tertiary/aromatic N) is 1.